The summed E-state index contributed by atoms with van der Waals surface area (Å²) in [5.74, 6) is 0.0905. The number of hydrogen-bond acceptors (Lipinski definition) is 5. The second-order valence-corrected chi connectivity index (χ2v) is 11.8. The van der Waals surface area contributed by atoms with Crippen LogP contribution in [0.2, 0.25) is 0 Å². The number of piperidine rings is 1. The van der Waals surface area contributed by atoms with Gasteiger partial charge in [0.15, 0.2) is 9.84 Å². The quantitative estimate of drug-likeness (QED) is 0.684. The van der Waals surface area contributed by atoms with Crippen molar-refractivity contribution in [2.45, 2.75) is 49.5 Å². The van der Waals surface area contributed by atoms with Gasteiger partial charge in [0, 0.05) is 32.6 Å². The van der Waals surface area contributed by atoms with E-state index in [-0.39, 0.29) is 34.8 Å². The van der Waals surface area contributed by atoms with Crippen molar-refractivity contribution >= 4 is 25.8 Å². The fraction of sp³-hybridized carbons (Fsp3) is 0.632. The summed E-state index contributed by atoms with van der Waals surface area (Å²) < 4.78 is 50.0. The monoisotopic (exact) mass is 428 g/mol. The van der Waals surface area contributed by atoms with Crippen molar-refractivity contribution in [1.82, 2.24) is 9.21 Å². The second-order valence-electron chi connectivity index (χ2n) is 7.67. The van der Waals surface area contributed by atoms with Crippen molar-refractivity contribution in [2.24, 2.45) is 0 Å². The number of rotatable bonds is 6. The predicted molar refractivity (Wildman–Crippen MR) is 107 cm³/mol. The van der Waals surface area contributed by atoms with E-state index in [2.05, 4.69) is 0 Å². The van der Waals surface area contributed by atoms with Crippen LogP contribution < -0.4 is 0 Å². The van der Waals surface area contributed by atoms with E-state index in [1.807, 2.05) is 0 Å². The number of carbonyl (C=O) groups is 1. The van der Waals surface area contributed by atoms with E-state index in [1.165, 1.54) is 0 Å². The van der Waals surface area contributed by atoms with Gasteiger partial charge in [0.25, 0.3) is 0 Å². The van der Waals surface area contributed by atoms with Crippen molar-refractivity contribution in [3.8, 4) is 0 Å². The lowest BCUT2D eigenvalue weighted by atomic mass is 10.1. The molecule has 2 heterocycles. The summed E-state index contributed by atoms with van der Waals surface area (Å²) in [5.41, 5.74) is 0.887. The summed E-state index contributed by atoms with van der Waals surface area (Å²) in [7, 11) is -4.81. The molecule has 7 nitrogen and oxygen atoms in total. The van der Waals surface area contributed by atoms with Crippen molar-refractivity contribution in [3.05, 3.63) is 29.8 Å². The second kappa shape index (κ2) is 8.51. The van der Waals surface area contributed by atoms with Gasteiger partial charge in [-0.25, -0.2) is 16.8 Å². The molecule has 0 bridgehead atoms. The largest absolute Gasteiger partial charge is 0.342 e. The minimum absolute atomic E-state index is 0.0400. The van der Waals surface area contributed by atoms with Crippen LogP contribution in [0.15, 0.2) is 29.2 Å². The van der Waals surface area contributed by atoms with Crippen LogP contribution in [0.5, 0.6) is 0 Å². The summed E-state index contributed by atoms with van der Waals surface area (Å²) in [6, 6.07) is 6.48. The number of carbonyl (C=O) groups excluding carboxylic acids is 1. The molecule has 1 unspecified atom stereocenters. The first-order chi connectivity index (χ1) is 13.2. The average Bonchev–Trinajstić information content (AvgIpc) is 3.06. The zero-order valence-electron chi connectivity index (χ0n) is 16.2. The topological polar surface area (TPSA) is 91.8 Å². The summed E-state index contributed by atoms with van der Waals surface area (Å²) >= 11 is 0. The van der Waals surface area contributed by atoms with Gasteiger partial charge < -0.3 is 4.90 Å². The molecule has 0 aromatic heterocycles. The number of nitrogens with zero attached hydrogens (tertiary/aromatic N) is 2. The molecule has 0 N–H and O–H groups in total. The average molecular weight is 429 g/mol. The molecule has 2 aliphatic rings. The smallest absolute Gasteiger partial charge is 0.243 e. The summed E-state index contributed by atoms with van der Waals surface area (Å²) in [5, 5.41) is 0. The van der Waals surface area contributed by atoms with Crippen LogP contribution >= 0.6 is 0 Å². The molecule has 0 aliphatic carbocycles. The molecule has 0 radical (unpaired) electrons. The highest BCUT2D eigenvalue weighted by molar-refractivity contribution is 7.91. The summed E-state index contributed by atoms with van der Waals surface area (Å²) in [4.78, 5) is 14.2. The number of aryl methyl sites for hydroxylation is 1. The first-order valence-electron chi connectivity index (χ1n) is 9.74. The molecule has 0 saturated carbocycles. The third-order valence-corrected chi connectivity index (χ3v) is 9.32. The van der Waals surface area contributed by atoms with E-state index >= 15 is 0 Å². The molecule has 28 heavy (non-hydrogen) atoms. The van der Waals surface area contributed by atoms with E-state index in [0.29, 0.717) is 25.9 Å². The Morgan fingerprint density at radius 2 is 1.79 bits per heavy atom. The van der Waals surface area contributed by atoms with Gasteiger partial charge in [-0.3, -0.25) is 4.79 Å². The molecular weight excluding hydrogens is 400 g/mol. The lowest BCUT2D eigenvalue weighted by Crippen LogP contribution is -2.37. The molecule has 2 saturated heterocycles. The SMILES string of the molecule is CN(C(=O)CCc1ccc(S(=O)(=O)N2CCCCC2)cc1)C1CCS(=O)(=O)C1. The summed E-state index contributed by atoms with van der Waals surface area (Å²) in [6.45, 7) is 1.14. The molecule has 1 aromatic carbocycles. The third-order valence-electron chi connectivity index (χ3n) is 5.65. The number of amides is 1. The molecular formula is C19H28N2O5S2. The Morgan fingerprint density at radius 1 is 1.14 bits per heavy atom. The first-order valence-corrected chi connectivity index (χ1v) is 13.0. The van der Waals surface area contributed by atoms with E-state index in [9.17, 15) is 21.6 Å². The summed E-state index contributed by atoms with van der Waals surface area (Å²) in [6.07, 6.45) is 4.12. The van der Waals surface area contributed by atoms with Gasteiger partial charge in [0.2, 0.25) is 15.9 Å². The molecule has 2 fully saturated rings. The fourth-order valence-corrected chi connectivity index (χ4v) is 7.09. The first kappa shape index (κ1) is 21.3. The van der Waals surface area contributed by atoms with Crippen LogP contribution in [0.1, 0.15) is 37.7 Å². The van der Waals surface area contributed by atoms with Crippen molar-refractivity contribution < 1.29 is 21.6 Å². The van der Waals surface area contributed by atoms with E-state index in [4.69, 9.17) is 0 Å². The van der Waals surface area contributed by atoms with Gasteiger partial charge in [0.05, 0.1) is 16.4 Å². The molecule has 1 amide bonds. The predicted octanol–water partition coefficient (Wildman–Crippen LogP) is 1.44. The molecule has 3 rings (SSSR count). The van der Waals surface area contributed by atoms with Crippen LogP contribution in [0.4, 0.5) is 0 Å². The minimum atomic E-state index is -3.44. The molecule has 1 atom stereocenters. The van der Waals surface area contributed by atoms with Gasteiger partial charge in [-0.2, -0.15) is 4.31 Å². The van der Waals surface area contributed by atoms with Crippen LogP contribution in [0, 0.1) is 0 Å². The normalized spacial score (nSPS) is 22.8. The third kappa shape index (κ3) is 4.93. The van der Waals surface area contributed by atoms with E-state index < -0.39 is 19.9 Å². The van der Waals surface area contributed by atoms with Crippen LogP contribution in [0.25, 0.3) is 0 Å². The van der Waals surface area contributed by atoms with Gasteiger partial charge in [0.1, 0.15) is 0 Å². The lowest BCUT2D eigenvalue weighted by Gasteiger charge is -2.26. The van der Waals surface area contributed by atoms with Crippen LogP contribution in [-0.4, -0.2) is 69.6 Å². The minimum Gasteiger partial charge on any atom is -0.342 e. The van der Waals surface area contributed by atoms with Crippen LogP contribution in [0.3, 0.4) is 0 Å². The Labute approximate surface area is 167 Å². The van der Waals surface area contributed by atoms with Crippen molar-refractivity contribution in [1.29, 1.82) is 0 Å². The highest BCUT2D eigenvalue weighted by atomic mass is 32.2. The Morgan fingerprint density at radius 3 is 2.36 bits per heavy atom. The lowest BCUT2D eigenvalue weighted by molar-refractivity contribution is -0.131. The highest BCUT2D eigenvalue weighted by Gasteiger charge is 2.32. The molecule has 1 aromatic rings. The number of benzene rings is 1. The highest BCUT2D eigenvalue weighted by Crippen LogP contribution is 2.22. The van der Waals surface area contributed by atoms with Crippen molar-refractivity contribution in [2.75, 3.05) is 31.6 Å². The zero-order valence-corrected chi connectivity index (χ0v) is 17.8. The number of hydrogen-bond donors (Lipinski definition) is 0. The maximum atomic E-state index is 12.7. The van der Waals surface area contributed by atoms with Gasteiger partial charge in [-0.15, -0.1) is 0 Å². The molecule has 156 valence electrons. The van der Waals surface area contributed by atoms with Gasteiger partial charge in [-0.05, 0) is 43.4 Å². The Hall–Kier alpha value is -1.45. The van der Waals surface area contributed by atoms with E-state index in [1.54, 1.807) is 40.5 Å². The Bertz CT molecular complexity index is 904. The maximum Gasteiger partial charge on any atom is 0.243 e. The Kier molecular flexibility index (Phi) is 6.46. The van der Waals surface area contributed by atoms with Gasteiger partial charge in [-0.1, -0.05) is 18.6 Å². The molecule has 0 spiro atoms. The van der Waals surface area contributed by atoms with Gasteiger partial charge >= 0.3 is 0 Å². The van der Waals surface area contributed by atoms with E-state index in [0.717, 1.165) is 24.8 Å². The Balaban J connectivity index is 1.56. The zero-order chi connectivity index (χ0) is 20.4. The number of sulfonamides is 1. The maximum absolute atomic E-state index is 12.7. The standard InChI is InChI=1S/C19H28N2O5S2/c1-20(17-11-14-27(23,24)15-17)19(22)10-7-16-5-8-18(9-6-16)28(25,26)21-12-3-2-4-13-21/h5-6,8-9,17H,2-4,7,10-15H2,1H3. The fourth-order valence-electron chi connectivity index (χ4n) is 3.79. The van der Waals surface area contributed by atoms with Crippen LogP contribution in [-0.2, 0) is 31.1 Å². The number of sulfone groups is 1. The molecule has 2 aliphatic heterocycles. The van der Waals surface area contributed by atoms with Crippen molar-refractivity contribution in [3.63, 3.8) is 0 Å². The molecule has 9 heteroatoms.